The second-order valence-corrected chi connectivity index (χ2v) is 8.58. The van der Waals surface area contributed by atoms with Crippen LogP contribution in [0.15, 0.2) is 30.6 Å². The summed E-state index contributed by atoms with van der Waals surface area (Å²) < 4.78 is 1.78. The van der Waals surface area contributed by atoms with Crippen molar-refractivity contribution in [2.75, 3.05) is 5.32 Å². The van der Waals surface area contributed by atoms with E-state index >= 15 is 0 Å². The van der Waals surface area contributed by atoms with Crippen molar-refractivity contribution < 1.29 is 5.11 Å². The van der Waals surface area contributed by atoms with Crippen molar-refractivity contribution in [3.05, 3.63) is 30.6 Å². The zero-order chi connectivity index (χ0) is 19.8. The van der Waals surface area contributed by atoms with Crippen LogP contribution >= 0.6 is 0 Å². The van der Waals surface area contributed by atoms with Crippen LogP contribution in [0.3, 0.4) is 0 Å². The van der Waals surface area contributed by atoms with Gasteiger partial charge >= 0.3 is 0 Å². The maximum atomic E-state index is 10.4. The van der Waals surface area contributed by atoms with Gasteiger partial charge in [-0.15, -0.1) is 5.10 Å². The number of nitrogens with zero attached hydrogens (tertiary/aromatic N) is 5. The van der Waals surface area contributed by atoms with Crippen LogP contribution in [0.2, 0.25) is 0 Å². The molecule has 8 nitrogen and oxygen atoms in total. The number of rotatable bonds is 3. The molecule has 3 heterocycles. The summed E-state index contributed by atoms with van der Waals surface area (Å²) in [5.41, 5.74) is 4.40. The summed E-state index contributed by atoms with van der Waals surface area (Å²) in [4.78, 5) is 12.5. The number of aromatic nitrogens is 6. The Bertz CT molecular complexity index is 1240. The summed E-state index contributed by atoms with van der Waals surface area (Å²) in [5.74, 6) is 1.46. The monoisotopic (exact) mass is 389 g/mol. The molecule has 2 aliphatic carbocycles. The molecule has 1 aromatic carbocycles. The Morgan fingerprint density at radius 2 is 2.24 bits per heavy atom. The fourth-order valence-corrected chi connectivity index (χ4v) is 5.09. The van der Waals surface area contributed by atoms with Crippen molar-refractivity contribution in [2.45, 2.75) is 37.8 Å². The SMILES string of the molecule is CC1C2C[C@@H](Nc3ncc4c(-c5ccc6nnn(C)c6c5)c[nH]c4n3)CC[C@]12O. The van der Waals surface area contributed by atoms with E-state index in [0.29, 0.717) is 23.8 Å². The van der Waals surface area contributed by atoms with Gasteiger partial charge in [0.2, 0.25) is 5.95 Å². The topological polar surface area (TPSA) is 105 Å². The van der Waals surface area contributed by atoms with Gasteiger partial charge in [0, 0.05) is 36.4 Å². The zero-order valence-electron chi connectivity index (χ0n) is 16.4. The predicted octanol–water partition coefficient (Wildman–Crippen LogP) is 2.87. The lowest BCUT2D eigenvalue weighted by Gasteiger charge is -2.25. The number of aromatic amines is 1. The van der Waals surface area contributed by atoms with Crippen LogP contribution in [0.5, 0.6) is 0 Å². The van der Waals surface area contributed by atoms with Crippen molar-refractivity contribution in [3.8, 4) is 11.1 Å². The molecule has 4 aromatic rings. The van der Waals surface area contributed by atoms with Crippen molar-refractivity contribution in [1.82, 2.24) is 29.9 Å². The van der Waals surface area contributed by atoms with E-state index in [1.807, 2.05) is 31.6 Å². The molecule has 0 spiro atoms. The van der Waals surface area contributed by atoms with Crippen LogP contribution in [0, 0.1) is 11.8 Å². The Morgan fingerprint density at radius 3 is 3.10 bits per heavy atom. The van der Waals surface area contributed by atoms with Crippen LogP contribution in [0.1, 0.15) is 26.2 Å². The third-order valence-electron chi connectivity index (χ3n) is 7.04. The molecule has 0 amide bonds. The highest BCUT2D eigenvalue weighted by molar-refractivity contribution is 5.95. The predicted molar refractivity (Wildman–Crippen MR) is 110 cm³/mol. The van der Waals surface area contributed by atoms with Gasteiger partial charge in [-0.05, 0) is 48.8 Å². The molecule has 8 heteroatoms. The summed E-state index contributed by atoms with van der Waals surface area (Å²) >= 11 is 0. The molecule has 2 saturated carbocycles. The summed E-state index contributed by atoms with van der Waals surface area (Å²) in [6.07, 6.45) is 6.64. The number of aliphatic hydroxyl groups is 1. The third kappa shape index (κ3) is 2.48. The van der Waals surface area contributed by atoms with Crippen molar-refractivity contribution in [3.63, 3.8) is 0 Å². The summed E-state index contributed by atoms with van der Waals surface area (Å²) in [5, 5.41) is 23.1. The lowest BCUT2D eigenvalue weighted by molar-refractivity contribution is 0.0897. The molecule has 6 rings (SSSR count). The Morgan fingerprint density at radius 1 is 1.34 bits per heavy atom. The number of fused-ring (bicyclic) bond motifs is 3. The van der Waals surface area contributed by atoms with Crippen LogP contribution in [0.25, 0.3) is 33.2 Å². The molecule has 2 fully saturated rings. The maximum Gasteiger partial charge on any atom is 0.224 e. The molecular weight excluding hydrogens is 366 g/mol. The minimum absolute atomic E-state index is 0.317. The molecule has 29 heavy (non-hydrogen) atoms. The average Bonchev–Trinajstić information content (AvgIpc) is 3.07. The van der Waals surface area contributed by atoms with Gasteiger partial charge in [0.25, 0.3) is 0 Å². The van der Waals surface area contributed by atoms with Gasteiger partial charge in [0.1, 0.15) is 11.2 Å². The number of H-pyrrole nitrogens is 1. The lowest BCUT2D eigenvalue weighted by Crippen LogP contribution is -2.30. The third-order valence-corrected chi connectivity index (χ3v) is 7.04. The van der Waals surface area contributed by atoms with Crippen molar-refractivity contribution in [1.29, 1.82) is 0 Å². The molecule has 148 valence electrons. The molecule has 2 aliphatic rings. The second-order valence-electron chi connectivity index (χ2n) is 8.58. The number of hydrogen-bond acceptors (Lipinski definition) is 6. The summed E-state index contributed by atoms with van der Waals surface area (Å²) in [6.45, 7) is 2.15. The highest BCUT2D eigenvalue weighted by atomic mass is 16.3. The quantitative estimate of drug-likeness (QED) is 0.498. The van der Waals surface area contributed by atoms with E-state index in [2.05, 4.69) is 38.6 Å². The van der Waals surface area contributed by atoms with Gasteiger partial charge in [-0.1, -0.05) is 18.2 Å². The molecule has 0 radical (unpaired) electrons. The first-order chi connectivity index (χ1) is 14.0. The van der Waals surface area contributed by atoms with Gasteiger partial charge in [0.05, 0.1) is 11.1 Å². The zero-order valence-corrected chi connectivity index (χ0v) is 16.4. The van der Waals surface area contributed by atoms with Crippen molar-refractivity contribution in [2.24, 2.45) is 18.9 Å². The molecule has 0 aliphatic heterocycles. The number of nitrogens with one attached hydrogen (secondary N) is 2. The van der Waals surface area contributed by atoms with E-state index in [0.717, 1.165) is 52.5 Å². The standard InChI is InChI=1S/C21H23N7O/c1-11-16-8-13(5-6-21(11,16)29)24-20-23-10-15-14(9-22-19(15)25-20)12-3-4-17-18(7-12)28(2)27-26-17/h3-4,7,9-11,13,16,29H,5-6,8H2,1-2H3,(H2,22,23,24,25)/t11?,13-,16?,21-/m0/s1. The highest BCUT2D eigenvalue weighted by Crippen LogP contribution is 2.58. The Hall–Kier alpha value is -3.00. The highest BCUT2D eigenvalue weighted by Gasteiger charge is 2.62. The van der Waals surface area contributed by atoms with Gasteiger partial charge in [-0.2, -0.15) is 4.98 Å². The average molecular weight is 389 g/mol. The molecular formula is C21H23N7O. The smallest absolute Gasteiger partial charge is 0.224 e. The lowest BCUT2D eigenvalue weighted by atomic mass is 9.93. The number of anilines is 1. The second kappa shape index (κ2) is 5.76. The molecule has 3 N–H and O–H groups in total. The van der Waals surface area contributed by atoms with E-state index in [1.165, 1.54) is 0 Å². The van der Waals surface area contributed by atoms with Crippen LogP contribution in [-0.4, -0.2) is 46.7 Å². The first-order valence-corrected chi connectivity index (χ1v) is 10.2. The molecule has 4 atom stereocenters. The van der Waals surface area contributed by atoms with E-state index in [1.54, 1.807) is 4.68 Å². The summed E-state index contributed by atoms with van der Waals surface area (Å²) in [6, 6.07) is 6.43. The summed E-state index contributed by atoms with van der Waals surface area (Å²) in [7, 11) is 1.89. The van der Waals surface area contributed by atoms with Crippen LogP contribution < -0.4 is 5.32 Å². The van der Waals surface area contributed by atoms with E-state index in [-0.39, 0.29) is 0 Å². The molecule has 0 saturated heterocycles. The largest absolute Gasteiger partial charge is 0.389 e. The fourth-order valence-electron chi connectivity index (χ4n) is 5.09. The normalized spacial score (nSPS) is 28.6. The first kappa shape index (κ1) is 16.9. The van der Waals surface area contributed by atoms with E-state index in [4.69, 9.17) is 4.98 Å². The van der Waals surface area contributed by atoms with Crippen LogP contribution in [0.4, 0.5) is 5.95 Å². The number of aryl methyl sites for hydroxylation is 1. The Labute approximate surface area is 167 Å². The van der Waals surface area contributed by atoms with Crippen molar-refractivity contribution >= 4 is 28.0 Å². The van der Waals surface area contributed by atoms with Crippen LogP contribution in [-0.2, 0) is 7.05 Å². The van der Waals surface area contributed by atoms with E-state index in [9.17, 15) is 5.11 Å². The van der Waals surface area contributed by atoms with E-state index < -0.39 is 5.60 Å². The minimum Gasteiger partial charge on any atom is -0.389 e. The van der Waals surface area contributed by atoms with Gasteiger partial charge in [-0.3, -0.25) is 0 Å². The fraction of sp³-hybridized carbons (Fsp3) is 0.429. The number of hydrogen-bond donors (Lipinski definition) is 3. The molecule has 3 aromatic heterocycles. The minimum atomic E-state index is -0.415. The maximum absolute atomic E-state index is 10.4. The van der Waals surface area contributed by atoms with Gasteiger partial charge < -0.3 is 15.4 Å². The Kier molecular flexibility index (Phi) is 3.36. The first-order valence-electron chi connectivity index (χ1n) is 10.2. The molecule has 0 bridgehead atoms. The number of benzene rings is 1. The van der Waals surface area contributed by atoms with Gasteiger partial charge in [-0.25, -0.2) is 9.67 Å². The molecule has 2 unspecified atom stereocenters. The Balaban J connectivity index is 1.28. The van der Waals surface area contributed by atoms with Gasteiger partial charge in [0.15, 0.2) is 0 Å².